The first-order valence-corrected chi connectivity index (χ1v) is 14.8. The quantitative estimate of drug-likeness (QED) is 0.267. The first kappa shape index (κ1) is 27.7. The van der Waals surface area contributed by atoms with Gasteiger partial charge in [0.15, 0.2) is 17.3 Å². The number of para-hydroxylation sites is 1. The van der Waals surface area contributed by atoms with Crippen LogP contribution in [0, 0.1) is 0 Å². The topological polar surface area (TPSA) is 129 Å². The summed E-state index contributed by atoms with van der Waals surface area (Å²) in [5.74, 6) is 2.40. The number of imidazole rings is 1. The van der Waals surface area contributed by atoms with E-state index >= 15 is 0 Å². The van der Waals surface area contributed by atoms with Gasteiger partial charge in [0.05, 0.1) is 41.4 Å². The second-order valence-electron chi connectivity index (χ2n) is 11.2. The van der Waals surface area contributed by atoms with Crippen molar-refractivity contribution in [2.24, 2.45) is 0 Å². The number of hydrogen-bond acceptors (Lipinski definition) is 10. The molecular formula is C30H32ClN9O3. The van der Waals surface area contributed by atoms with Crippen LogP contribution in [0.2, 0.25) is 5.02 Å². The number of pyridine rings is 2. The van der Waals surface area contributed by atoms with Gasteiger partial charge in [-0.3, -0.25) is 14.9 Å². The number of tetrazole rings is 1. The number of fused-ring (bicyclic) bond motifs is 2. The van der Waals surface area contributed by atoms with Gasteiger partial charge in [0.1, 0.15) is 17.2 Å². The Balaban J connectivity index is 1.08. The van der Waals surface area contributed by atoms with Gasteiger partial charge < -0.3 is 18.8 Å². The lowest BCUT2D eigenvalue weighted by Gasteiger charge is -2.32. The molecule has 0 aliphatic carbocycles. The van der Waals surface area contributed by atoms with Gasteiger partial charge >= 0.3 is 0 Å². The van der Waals surface area contributed by atoms with E-state index in [4.69, 9.17) is 30.8 Å². The number of methoxy groups -OCH3 is 1. The molecule has 5 aromatic rings. The Kier molecular flexibility index (Phi) is 7.20. The molecule has 222 valence electrons. The molecule has 13 heteroatoms. The Morgan fingerprint density at radius 2 is 2.00 bits per heavy atom. The summed E-state index contributed by atoms with van der Waals surface area (Å²) in [6.45, 7) is 7.22. The Bertz CT molecular complexity index is 1740. The van der Waals surface area contributed by atoms with Gasteiger partial charge in [-0.05, 0) is 73.5 Å². The third-order valence-electron chi connectivity index (χ3n) is 8.34. The van der Waals surface area contributed by atoms with E-state index in [1.807, 2.05) is 37.4 Å². The summed E-state index contributed by atoms with van der Waals surface area (Å²) in [5.41, 5.74) is 4.32. The molecule has 0 amide bonds. The summed E-state index contributed by atoms with van der Waals surface area (Å²) < 4.78 is 20.6. The average Bonchev–Trinajstić information content (AvgIpc) is 3.75. The highest BCUT2D eigenvalue weighted by molar-refractivity contribution is 6.30. The highest BCUT2D eigenvalue weighted by atomic mass is 35.5. The molecule has 0 radical (unpaired) electrons. The highest BCUT2D eigenvalue weighted by Gasteiger charge is 2.42. The normalized spacial score (nSPS) is 19.7. The minimum Gasteiger partial charge on any atom is -0.443 e. The number of benzene rings is 1. The highest BCUT2D eigenvalue weighted by Crippen LogP contribution is 2.49. The van der Waals surface area contributed by atoms with Crippen LogP contribution in [0.25, 0.3) is 22.6 Å². The second kappa shape index (κ2) is 11.2. The maximum atomic E-state index is 6.47. The van der Waals surface area contributed by atoms with Crippen molar-refractivity contribution in [3.05, 3.63) is 70.9 Å². The Labute approximate surface area is 253 Å². The van der Waals surface area contributed by atoms with Crippen LogP contribution in [0.1, 0.15) is 49.7 Å². The van der Waals surface area contributed by atoms with Crippen LogP contribution in [0.15, 0.2) is 48.8 Å². The SMILES string of the molecule is COC(C)Cn1c(CN2CCC(c3cccc4c3OC(C)(c3ccc(Cl)cn3)O4)CC2)nc2cc(-c3nnn[nH]3)ncc21. The largest absolute Gasteiger partial charge is 0.443 e. The number of ether oxygens (including phenoxy) is 3. The maximum Gasteiger partial charge on any atom is 0.292 e. The zero-order chi connectivity index (χ0) is 29.6. The third kappa shape index (κ3) is 5.30. The number of likely N-dealkylation sites (tertiary alicyclic amines) is 1. The van der Waals surface area contributed by atoms with Crippen molar-refractivity contribution in [1.29, 1.82) is 0 Å². The van der Waals surface area contributed by atoms with Crippen molar-refractivity contribution in [3.63, 3.8) is 0 Å². The van der Waals surface area contributed by atoms with Crippen LogP contribution in [0.5, 0.6) is 11.5 Å². The van der Waals surface area contributed by atoms with E-state index < -0.39 is 5.79 Å². The number of halogens is 1. The average molecular weight is 602 g/mol. The van der Waals surface area contributed by atoms with E-state index in [1.54, 1.807) is 19.4 Å². The Morgan fingerprint density at radius 3 is 2.74 bits per heavy atom. The van der Waals surface area contributed by atoms with Gasteiger partial charge in [0.25, 0.3) is 5.79 Å². The van der Waals surface area contributed by atoms with Crippen LogP contribution in [0.4, 0.5) is 0 Å². The van der Waals surface area contributed by atoms with Crippen molar-refractivity contribution in [2.45, 2.75) is 57.6 Å². The van der Waals surface area contributed by atoms with Gasteiger partial charge in [-0.25, -0.2) is 10.1 Å². The second-order valence-corrected chi connectivity index (χ2v) is 11.7. The first-order valence-electron chi connectivity index (χ1n) is 14.4. The molecule has 2 atom stereocenters. The van der Waals surface area contributed by atoms with Crippen molar-refractivity contribution >= 4 is 22.6 Å². The first-order chi connectivity index (χ1) is 20.9. The van der Waals surface area contributed by atoms with Crippen LogP contribution >= 0.6 is 11.6 Å². The fourth-order valence-electron chi connectivity index (χ4n) is 5.95. The molecule has 2 aliphatic heterocycles. The molecule has 1 aromatic carbocycles. The summed E-state index contributed by atoms with van der Waals surface area (Å²) in [6.07, 6.45) is 5.46. The zero-order valence-electron chi connectivity index (χ0n) is 24.2. The molecule has 1 fully saturated rings. The van der Waals surface area contributed by atoms with Crippen LogP contribution in [-0.4, -0.2) is 71.3 Å². The number of rotatable bonds is 8. The molecule has 0 spiro atoms. The molecule has 1 saturated heterocycles. The third-order valence-corrected chi connectivity index (χ3v) is 8.56. The Hall–Kier alpha value is -4.13. The van der Waals surface area contributed by atoms with Gasteiger partial charge in [0.2, 0.25) is 0 Å². The summed E-state index contributed by atoms with van der Waals surface area (Å²) in [4.78, 5) is 16.5. The molecule has 1 N–H and O–H groups in total. The summed E-state index contributed by atoms with van der Waals surface area (Å²) in [5, 5.41) is 14.7. The molecule has 0 bridgehead atoms. The van der Waals surface area contributed by atoms with Crippen molar-refractivity contribution < 1.29 is 14.2 Å². The predicted octanol–water partition coefficient (Wildman–Crippen LogP) is 4.72. The van der Waals surface area contributed by atoms with E-state index in [0.29, 0.717) is 34.7 Å². The van der Waals surface area contributed by atoms with Crippen LogP contribution in [0.3, 0.4) is 0 Å². The van der Waals surface area contributed by atoms with Gasteiger partial charge in [-0.1, -0.05) is 23.7 Å². The smallest absolute Gasteiger partial charge is 0.292 e. The Morgan fingerprint density at radius 1 is 1.14 bits per heavy atom. The number of aromatic amines is 1. The zero-order valence-corrected chi connectivity index (χ0v) is 25.0. The van der Waals surface area contributed by atoms with Crippen molar-refractivity contribution in [2.75, 3.05) is 20.2 Å². The van der Waals surface area contributed by atoms with E-state index in [1.165, 1.54) is 5.56 Å². The number of nitrogens with one attached hydrogen (secondary N) is 1. The standard InChI is InChI=1S/C30H32ClN9O3/c1-18(41-3)16-40-24-15-32-23(29-35-37-38-36-29)13-22(24)34-27(40)17-39-11-9-19(10-12-39)21-5-4-6-25-28(21)43-30(2,42-25)26-8-7-20(31)14-33-26/h4-8,13-15,18-19H,9-12,16-17H2,1-3H3,(H,35,36,37,38). The molecule has 12 nitrogen and oxygen atoms in total. The minimum absolute atomic E-state index is 0.0242. The molecule has 0 saturated carbocycles. The number of aromatic nitrogens is 8. The van der Waals surface area contributed by atoms with Gasteiger partial charge in [-0.2, -0.15) is 0 Å². The summed E-state index contributed by atoms with van der Waals surface area (Å²) in [6, 6.07) is 11.7. The number of H-pyrrole nitrogens is 1. The molecule has 7 rings (SSSR count). The lowest BCUT2D eigenvalue weighted by molar-refractivity contribution is -0.0722. The van der Waals surface area contributed by atoms with E-state index in [0.717, 1.165) is 60.8 Å². The maximum absolute atomic E-state index is 6.47. The summed E-state index contributed by atoms with van der Waals surface area (Å²) >= 11 is 6.06. The molecule has 4 aromatic heterocycles. The van der Waals surface area contributed by atoms with Crippen LogP contribution < -0.4 is 9.47 Å². The van der Waals surface area contributed by atoms with E-state index in [2.05, 4.69) is 53.0 Å². The number of hydrogen-bond donors (Lipinski definition) is 1. The number of nitrogens with zero attached hydrogens (tertiary/aromatic N) is 8. The van der Waals surface area contributed by atoms with E-state index in [-0.39, 0.29) is 6.10 Å². The van der Waals surface area contributed by atoms with Gasteiger partial charge in [-0.15, -0.1) is 5.10 Å². The van der Waals surface area contributed by atoms with Crippen LogP contribution in [-0.2, 0) is 23.6 Å². The van der Waals surface area contributed by atoms with E-state index in [9.17, 15) is 0 Å². The summed E-state index contributed by atoms with van der Waals surface area (Å²) in [7, 11) is 1.73. The number of piperidine rings is 1. The lowest BCUT2D eigenvalue weighted by atomic mass is 9.88. The molecule has 2 aliphatic rings. The monoisotopic (exact) mass is 601 g/mol. The molecular weight excluding hydrogens is 570 g/mol. The predicted molar refractivity (Wildman–Crippen MR) is 159 cm³/mol. The fraction of sp³-hybridized carbons (Fsp3) is 0.400. The van der Waals surface area contributed by atoms with Crippen molar-refractivity contribution in [1.82, 2.24) is 45.0 Å². The lowest BCUT2D eigenvalue weighted by Crippen LogP contribution is -2.34. The fourth-order valence-corrected chi connectivity index (χ4v) is 6.06. The van der Waals surface area contributed by atoms with Crippen molar-refractivity contribution in [3.8, 4) is 23.0 Å². The van der Waals surface area contributed by atoms with Gasteiger partial charge in [0, 0.05) is 25.8 Å². The molecule has 6 heterocycles. The molecule has 43 heavy (non-hydrogen) atoms. The minimum atomic E-state index is -0.999. The molecule has 2 unspecified atom stereocenters.